The van der Waals surface area contributed by atoms with Crippen LogP contribution in [-0.4, -0.2) is 58.2 Å². The zero-order valence-electron chi connectivity index (χ0n) is 15.8. The molecule has 1 fully saturated rings. The van der Waals surface area contributed by atoms with Crippen molar-refractivity contribution in [2.75, 3.05) is 32.7 Å². The number of hydrogen-bond acceptors (Lipinski definition) is 3. The molecule has 5 nitrogen and oxygen atoms in total. The summed E-state index contributed by atoms with van der Waals surface area (Å²) in [6.45, 7) is 10.5. The summed E-state index contributed by atoms with van der Waals surface area (Å²) in [4.78, 5) is 17.5. The van der Waals surface area contributed by atoms with Crippen LogP contribution in [0.15, 0.2) is 24.3 Å². The van der Waals surface area contributed by atoms with Crippen molar-refractivity contribution in [3.63, 3.8) is 0 Å². The van der Waals surface area contributed by atoms with Gasteiger partial charge in [-0.05, 0) is 43.7 Å². The van der Waals surface area contributed by atoms with Crippen LogP contribution in [-0.2, 0) is 12.8 Å². The fraction of sp³-hybridized carbons (Fsp3) is 0.500. The predicted octanol–water partition coefficient (Wildman–Crippen LogP) is 2.91. The Morgan fingerprint density at radius 1 is 1.04 bits per heavy atom. The van der Waals surface area contributed by atoms with E-state index in [9.17, 15) is 9.18 Å². The molecule has 1 aromatic carbocycles. The minimum absolute atomic E-state index is 0.0721. The number of rotatable bonds is 5. The van der Waals surface area contributed by atoms with Gasteiger partial charge in [0.15, 0.2) is 0 Å². The van der Waals surface area contributed by atoms with Crippen LogP contribution in [0, 0.1) is 5.82 Å². The van der Waals surface area contributed by atoms with Crippen LogP contribution in [0.4, 0.5) is 4.39 Å². The first-order chi connectivity index (χ1) is 12.6. The smallest absolute Gasteiger partial charge is 0.257 e. The lowest BCUT2D eigenvalue weighted by molar-refractivity contribution is 0.0641. The van der Waals surface area contributed by atoms with Gasteiger partial charge in [-0.15, -0.1) is 0 Å². The first kappa shape index (κ1) is 18.6. The molecule has 0 aliphatic carbocycles. The molecule has 0 bridgehead atoms. The maximum Gasteiger partial charge on any atom is 0.257 e. The molecule has 1 aromatic heterocycles. The van der Waals surface area contributed by atoms with Gasteiger partial charge in [0.25, 0.3) is 5.91 Å². The van der Waals surface area contributed by atoms with Gasteiger partial charge in [0.1, 0.15) is 5.82 Å². The number of benzene rings is 1. The first-order valence-corrected chi connectivity index (χ1v) is 9.47. The molecule has 1 saturated heterocycles. The van der Waals surface area contributed by atoms with E-state index >= 15 is 0 Å². The van der Waals surface area contributed by atoms with Crippen LogP contribution >= 0.6 is 0 Å². The van der Waals surface area contributed by atoms with E-state index in [4.69, 9.17) is 0 Å². The summed E-state index contributed by atoms with van der Waals surface area (Å²) < 4.78 is 15.1. The van der Waals surface area contributed by atoms with Gasteiger partial charge in [0, 0.05) is 26.2 Å². The quantitative estimate of drug-likeness (QED) is 0.825. The molecule has 0 atom stereocenters. The molecular weight excluding hydrogens is 331 g/mol. The zero-order valence-corrected chi connectivity index (χ0v) is 15.8. The van der Waals surface area contributed by atoms with Crippen molar-refractivity contribution in [2.45, 2.75) is 33.6 Å². The summed E-state index contributed by atoms with van der Waals surface area (Å²) in [6, 6.07) is 6.26. The molecule has 1 aliphatic rings. The third-order valence-electron chi connectivity index (χ3n) is 5.12. The Morgan fingerprint density at radius 3 is 2.23 bits per heavy atom. The number of nitrogens with zero attached hydrogens (tertiary/aromatic N) is 4. The van der Waals surface area contributed by atoms with Crippen molar-refractivity contribution in [2.24, 2.45) is 0 Å². The number of aryl methyl sites for hydroxylation is 1. The van der Waals surface area contributed by atoms with Crippen LogP contribution in [0.3, 0.4) is 0 Å². The van der Waals surface area contributed by atoms with Crippen molar-refractivity contribution >= 4 is 5.91 Å². The van der Waals surface area contributed by atoms with Crippen molar-refractivity contribution < 1.29 is 9.18 Å². The summed E-state index contributed by atoms with van der Waals surface area (Å²) in [5.74, 6) is -0.206. The lowest BCUT2D eigenvalue weighted by Crippen LogP contribution is -2.48. The Balaban J connectivity index is 1.96. The van der Waals surface area contributed by atoms with Gasteiger partial charge in [-0.2, -0.15) is 5.10 Å². The highest BCUT2D eigenvalue weighted by molar-refractivity contribution is 5.96. The first-order valence-electron chi connectivity index (χ1n) is 9.47. The fourth-order valence-electron chi connectivity index (χ4n) is 3.55. The van der Waals surface area contributed by atoms with Gasteiger partial charge in [-0.3, -0.25) is 4.79 Å². The molecule has 1 aliphatic heterocycles. The molecule has 2 aromatic rings. The highest BCUT2D eigenvalue weighted by Gasteiger charge is 2.28. The van der Waals surface area contributed by atoms with Crippen molar-refractivity contribution in [3.05, 3.63) is 47.0 Å². The molecule has 0 unspecified atom stereocenters. The molecule has 0 radical (unpaired) electrons. The van der Waals surface area contributed by atoms with E-state index in [2.05, 4.69) is 16.9 Å². The topological polar surface area (TPSA) is 41.4 Å². The number of piperazine rings is 1. The Morgan fingerprint density at radius 2 is 1.69 bits per heavy atom. The van der Waals surface area contributed by atoms with E-state index in [1.165, 1.54) is 12.1 Å². The van der Waals surface area contributed by atoms with Crippen molar-refractivity contribution in [3.8, 4) is 5.69 Å². The summed E-state index contributed by atoms with van der Waals surface area (Å²) in [5.41, 5.74) is 3.22. The average Bonchev–Trinajstić information content (AvgIpc) is 3.06. The molecule has 1 amide bonds. The Labute approximate surface area is 154 Å². The standard InChI is InChI=1S/C20H27FN4O/c1-4-17-19(20(26)24-13-11-23(6-3)12-14-24)18(5-2)25(22-17)16-9-7-15(21)8-10-16/h7-10H,4-6,11-14H2,1-3H3. The van der Waals surface area contributed by atoms with E-state index in [1.807, 2.05) is 18.7 Å². The zero-order chi connectivity index (χ0) is 18.7. The molecule has 26 heavy (non-hydrogen) atoms. The lowest BCUT2D eigenvalue weighted by Gasteiger charge is -2.34. The molecule has 6 heteroatoms. The van der Waals surface area contributed by atoms with E-state index in [0.29, 0.717) is 12.8 Å². The predicted molar refractivity (Wildman–Crippen MR) is 100 cm³/mol. The average molecular weight is 358 g/mol. The number of carbonyl (C=O) groups is 1. The number of hydrogen-bond donors (Lipinski definition) is 0. The molecule has 0 saturated carbocycles. The lowest BCUT2D eigenvalue weighted by atomic mass is 10.1. The highest BCUT2D eigenvalue weighted by atomic mass is 19.1. The van der Waals surface area contributed by atoms with E-state index < -0.39 is 0 Å². The maximum absolute atomic E-state index is 13.3. The summed E-state index contributed by atoms with van der Waals surface area (Å²) in [7, 11) is 0. The molecule has 2 heterocycles. The third-order valence-corrected chi connectivity index (χ3v) is 5.12. The second-order valence-corrected chi connectivity index (χ2v) is 6.59. The third kappa shape index (κ3) is 3.51. The van der Waals surface area contributed by atoms with Gasteiger partial charge in [0.2, 0.25) is 0 Å². The van der Waals surface area contributed by atoms with E-state index in [0.717, 1.165) is 55.4 Å². The minimum atomic E-state index is -0.278. The van der Waals surface area contributed by atoms with Gasteiger partial charge in [-0.25, -0.2) is 9.07 Å². The van der Waals surface area contributed by atoms with Crippen LogP contribution in [0.5, 0.6) is 0 Å². The second-order valence-electron chi connectivity index (χ2n) is 6.59. The van der Waals surface area contributed by atoms with Gasteiger partial charge >= 0.3 is 0 Å². The van der Waals surface area contributed by atoms with Crippen molar-refractivity contribution in [1.29, 1.82) is 0 Å². The monoisotopic (exact) mass is 358 g/mol. The fourth-order valence-corrected chi connectivity index (χ4v) is 3.55. The number of likely N-dealkylation sites (N-methyl/N-ethyl adjacent to an activating group) is 1. The number of aromatic nitrogens is 2. The van der Waals surface area contributed by atoms with Crippen LogP contribution in [0.1, 0.15) is 42.5 Å². The molecular formula is C20H27FN4O. The number of halogens is 1. The Kier molecular flexibility index (Phi) is 5.71. The van der Waals surface area contributed by atoms with Crippen LogP contribution < -0.4 is 0 Å². The van der Waals surface area contributed by atoms with Crippen molar-refractivity contribution in [1.82, 2.24) is 19.6 Å². The van der Waals surface area contributed by atoms with Crippen LogP contribution in [0.2, 0.25) is 0 Å². The second kappa shape index (κ2) is 7.99. The number of amides is 1. The van der Waals surface area contributed by atoms with Gasteiger partial charge in [-0.1, -0.05) is 20.8 Å². The highest BCUT2D eigenvalue weighted by Crippen LogP contribution is 2.23. The Hall–Kier alpha value is -2.21. The normalized spacial score (nSPS) is 15.5. The molecule has 3 rings (SSSR count). The largest absolute Gasteiger partial charge is 0.336 e. The van der Waals surface area contributed by atoms with E-state index in [1.54, 1.807) is 16.8 Å². The molecule has 0 spiro atoms. The minimum Gasteiger partial charge on any atom is -0.336 e. The van der Waals surface area contributed by atoms with E-state index in [-0.39, 0.29) is 11.7 Å². The number of carbonyl (C=O) groups excluding carboxylic acids is 1. The summed E-state index contributed by atoms with van der Waals surface area (Å²) in [5, 5.41) is 4.68. The maximum atomic E-state index is 13.3. The van der Waals surface area contributed by atoms with Gasteiger partial charge in [0.05, 0.1) is 22.6 Å². The Bertz CT molecular complexity index is 761. The molecule has 0 N–H and O–H groups in total. The molecule has 140 valence electrons. The SMILES string of the molecule is CCc1nn(-c2ccc(F)cc2)c(CC)c1C(=O)N1CCN(CC)CC1. The van der Waals surface area contributed by atoms with Gasteiger partial charge < -0.3 is 9.80 Å². The summed E-state index contributed by atoms with van der Waals surface area (Å²) in [6.07, 6.45) is 1.39. The summed E-state index contributed by atoms with van der Waals surface area (Å²) >= 11 is 0. The van der Waals surface area contributed by atoms with Crippen LogP contribution in [0.25, 0.3) is 5.69 Å².